The molecule has 0 radical (unpaired) electrons. The van der Waals surface area contributed by atoms with Gasteiger partial charge in [0.2, 0.25) is 0 Å². The Morgan fingerprint density at radius 3 is 2.38 bits per heavy atom. The number of hydrogen-bond acceptors (Lipinski definition) is 2. The quantitative estimate of drug-likeness (QED) is 0.612. The minimum Gasteiger partial charge on any atom is -0.305 e. The lowest BCUT2D eigenvalue weighted by Gasteiger charge is -2.36. The number of H-pyrrole nitrogens is 1. The van der Waals surface area contributed by atoms with Gasteiger partial charge in [-0.25, -0.2) is 4.79 Å². The number of benzene rings is 2. The second-order valence-electron chi connectivity index (χ2n) is 7.52. The van der Waals surface area contributed by atoms with Crippen LogP contribution in [-0.2, 0) is 6.18 Å². The lowest BCUT2D eigenvalue weighted by molar-refractivity contribution is -0.137. The minimum atomic E-state index is -4.32. The highest BCUT2D eigenvalue weighted by atomic mass is 35.5. The number of alkyl halides is 3. The van der Waals surface area contributed by atoms with E-state index in [1.165, 1.54) is 0 Å². The summed E-state index contributed by atoms with van der Waals surface area (Å²) in [6.45, 7) is 3.53. The molecule has 3 aromatic rings. The molecule has 0 saturated carbocycles. The Morgan fingerprint density at radius 2 is 1.76 bits per heavy atom. The number of halogens is 4. The number of aromatic nitrogens is 2. The number of nitrogens with one attached hydrogen (secondary N) is 1. The highest BCUT2D eigenvalue weighted by molar-refractivity contribution is 6.31. The van der Waals surface area contributed by atoms with Gasteiger partial charge in [-0.3, -0.25) is 9.47 Å². The number of imidazole rings is 1. The number of likely N-dealkylation sites (tertiary alicyclic amines) is 1. The number of piperidine rings is 1. The molecule has 1 unspecified atom stereocenters. The van der Waals surface area contributed by atoms with Crippen molar-refractivity contribution in [3.63, 3.8) is 0 Å². The van der Waals surface area contributed by atoms with Crippen molar-refractivity contribution in [2.75, 3.05) is 13.1 Å². The summed E-state index contributed by atoms with van der Waals surface area (Å²) < 4.78 is 40.1. The molecule has 4 nitrogen and oxygen atoms in total. The van der Waals surface area contributed by atoms with E-state index in [0.29, 0.717) is 5.02 Å². The van der Waals surface area contributed by atoms with Gasteiger partial charge in [-0.15, -0.1) is 0 Å². The first-order valence-corrected chi connectivity index (χ1v) is 9.93. The summed E-state index contributed by atoms with van der Waals surface area (Å²) in [6, 6.07) is 10.8. The fourth-order valence-electron chi connectivity index (χ4n) is 4.16. The number of nitrogens with zero attached hydrogens (tertiary/aromatic N) is 2. The lowest BCUT2D eigenvalue weighted by atomic mass is 9.99. The van der Waals surface area contributed by atoms with Gasteiger partial charge in [0.05, 0.1) is 16.6 Å². The fraction of sp³-hybridized carbons (Fsp3) is 0.381. The third-order valence-electron chi connectivity index (χ3n) is 5.81. The lowest BCUT2D eigenvalue weighted by Crippen LogP contribution is -2.38. The van der Waals surface area contributed by atoms with E-state index >= 15 is 0 Å². The SMILES string of the molecule is CC(c1ccc(C(F)(F)F)cc1)N1CCC(n2c(=O)[nH]c3cc(Cl)ccc32)CC1. The van der Waals surface area contributed by atoms with Crippen molar-refractivity contribution in [1.29, 1.82) is 0 Å². The second kappa shape index (κ2) is 7.54. The molecular weight excluding hydrogens is 403 g/mol. The first-order chi connectivity index (χ1) is 13.7. The maximum absolute atomic E-state index is 12.8. The van der Waals surface area contributed by atoms with Crippen molar-refractivity contribution in [2.24, 2.45) is 0 Å². The van der Waals surface area contributed by atoms with Crippen molar-refractivity contribution in [3.05, 3.63) is 69.1 Å². The van der Waals surface area contributed by atoms with E-state index < -0.39 is 11.7 Å². The Labute approximate surface area is 170 Å². The van der Waals surface area contributed by atoms with Crippen molar-refractivity contribution in [1.82, 2.24) is 14.5 Å². The smallest absolute Gasteiger partial charge is 0.305 e. The van der Waals surface area contributed by atoms with Gasteiger partial charge in [-0.05, 0) is 55.7 Å². The Kier molecular flexibility index (Phi) is 5.21. The predicted molar refractivity (Wildman–Crippen MR) is 107 cm³/mol. The van der Waals surface area contributed by atoms with Crippen LogP contribution in [0.4, 0.5) is 13.2 Å². The van der Waals surface area contributed by atoms with Crippen molar-refractivity contribution < 1.29 is 13.2 Å². The summed E-state index contributed by atoms with van der Waals surface area (Å²) in [5.74, 6) is 0. The van der Waals surface area contributed by atoms with Gasteiger partial charge in [0.1, 0.15) is 0 Å². The third kappa shape index (κ3) is 3.94. The summed E-state index contributed by atoms with van der Waals surface area (Å²) in [4.78, 5) is 17.6. The number of rotatable bonds is 3. The van der Waals surface area contributed by atoms with E-state index in [9.17, 15) is 18.0 Å². The highest BCUT2D eigenvalue weighted by Gasteiger charge is 2.31. The molecule has 0 aliphatic carbocycles. The van der Waals surface area contributed by atoms with Crippen LogP contribution in [-0.4, -0.2) is 27.5 Å². The molecule has 0 spiro atoms. The maximum Gasteiger partial charge on any atom is 0.416 e. The Balaban J connectivity index is 1.47. The average Bonchev–Trinajstić information content (AvgIpc) is 3.01. The summed E-state index contributed by atoms with van der Waals surface area (Å²) in [5, 5.41) is 0.575. The van der Waals surface area contributed by atoms with E-state index in [1.807, 2.05) is 13.0 Å². The van der Waals surface area contributed by atoms with Crippen molar-refractivity contribution in [3.8, 4) is 0 Å². The molecule has 0 bridgehead atoms. The molecule has 1 saturated heterocycles. The van der Waals surface area contributed by atoms with Gasteiger partial charge < -0.3 is 4.98 Å². The Bertz CT molecular complexity index is 1060. The van der Waals surface area contributed by atoms with E-state index in [0.717, 1.165) is 54.7 Å². The van der Waals surface area contributed by atoms with Crippen LogP contribution in [0.3, 0.4) is 0 Å². The van der Waals surface area contributed by atoms with Gasteiger partial charge in [0, 0.05) is 30.2 Å². The van der Waals surface area contributed by atoms with Crippen LogP contribution in [0.15, 0.2) is 47.3 Å². The van der Waals surface area contributed by atoms with Gasteiger partial charge in [-0.1, -0.05) is 23.7 Å². The van der Waals surface area contributed by atoms with Gasteiger partial charge in [-0.2, -0.15) is 13.2 Å². The van der Waals surface area contributed by atoms with Crippen molar-refractivity contribution in [2.45, 2.75) is 38.0 Å². The molecule has 1 fully saturated rings. The average molecular weight is 424 g/mol. The van der Waals surface area contributed by atoms with Crippen molar-refractivity contribution >= 4 is 22.6 Å². The van der Waals surface area contributed by atoms with E-state index in [2.05, 4.69) is 9.88 Å². The van der Waals surface area contributed by atoms with E-state index in [1.54, 1.807) is 28.8 Å². The molecule has 1 atom stereocenters. The molecule has 2 heterocycles. The molecular formula is C21H21ClF3N3O. The maximum atomic E-state index is 12.8. The number of aromatic amines is 1. The van der Waals surface area contributed by atoms with Crippen LogP contribution in [0.2, 0.25) is 5.02 Å². The molecule has 1 aliphatic rings. The molecule has 1 aliphatic heterocycles. The van der Waals surface area contributed by atoms with Crippen LogP contribution in [0.1, 0.15) is 43.0 Å². The number of fused-ring (bicyclic) bond motifs is 1. The zero-order valence-corrected chi connectivity index (χ0v) is 16.6. The number of hydrogen-bond donors (Lipinski definition) is 1. The van der Waals surface area contributed by atoms with Crippen LogP contribution >= 0.6 is 11.6 Å². The summed E-state index contributed by atoms with van der Waals surface area (Å²) in [7, 11) is 0. The second-order valence-corrected chi connectivity index (χ2v) is 7.96. The largest absolute Gasteiger partial charge is 0.416 e. The van der Waals surface area contributed by atoms with Gasteiger partial charge >= 0.3 is 11.9 Å². The summed E-state index contributed by atoms with van der Waals surface area (Å²) in [5.41, 5.74) is 1.65. The first kappa shape index (κ1) is 20.0. The van der Waals surface area contributed by atoms with Gasteiger partial charge in [0.25, 0.3) is 0 Å². The predicted octanol–water partition coefficient (Wildman–Crippen LogP) is 5.40. The summed E-state index contributed by atoms with van der Waals surface area (Å²) >= 11 is 6.01. The van der Waals surface area contributed by atoms with Crippen LogP contribution in [0, 0.1) is 0 Å². The van der Waals surface area contributed by atoms with Gasteiger partial charge in [0.15, 0.2) is 0 Å². The van der Waals surface area contributed by atoms with E-state index in [-0.39, 0.29) is 17.8 Å². The molecule has 154 valence electrons. The van der Waals surface area contributed by atoms with Crippen LogP contribution in [0.5, 0.6) is 0 Å². The topological polar surface area (TPSA) is 41.0 Å². The first-order valence-electron chi connectivity index (χ1n) is 9.55. The fourth-order valence-corrected chi connectivity index (χ4v) is 4.33. The monoisotopic (exact) mass is 423 g/mol. The third-order valence-corrected chi connectivity index (χ3v) is 6.05. The van der Waals surface area contributed by atoms with Crippen LogP contribution in [0.25, 0.3) is 11.0 Å². The molecule has 4 rings (SSSR count). The Morgan fingerprint density at radius 1 is 1.10 bits per heavy atom. The van der Waals surface area contributed by atoms with Crippen LogP contribution < -0.4 is 5.69 Å². The molecule has 29 heavy (non-hydrogen) atoms. The molecule has 2 aromatic carbocycles. The normalized spacial score (nSPS) is 17.7. The summed E-state index contributed by atoms with van der Waals surface area (Å²) in [6.07, 6.45) is -2.74. The highest BCUT2D eigenvalue weighted by Crippen LogP contribution is 2.33. The Hall–Kier alpha value is -2.25. The zero-order chi connectivity index (χ0) is 20.8. The molecule has 1 N–H and O–H groups in total. The molecule has 8 heteroatoms. The zero-order valence-electron chi connectivity index (χ0n) is 15.8. The minimum absolute atomic E-state index is 0.0109. The molecule has 1 aromatic heterocycles. The standard InChI is InChI=1S/C21H21ClF3N3O/c1-13(14-2-4-15(5-3-14)21(23,24)25)27-10-8-17(9-11-27)28-19-7-6-16(22)12-18(19)26-20(28)29/h2-7,12-13,17H,8-11H2,1H3,(H,26,29). The molecule has 0 amide bonds. The van der Waals surface area contributed by atoms with E-state index in [4.69, 9.17) is 11.6 Å².